The summed E-state index contributed by atoms with van der Waals surface area (Å²) >= 11 is 12.2. The number of halogens is 1. The molecular weight excluding hydrogens is 494 g/mol. The zero-order valence-corrected chi connectivity index (χ0v) is 22.2. The number of carbonyl (C=O) groups is 1. The van der Waals surface area contributed by atoms with Crippen molar-refractivity contribution in [3.63, 3.8) is 0 Å². The number of fused-ring (bicyclic) bond motifs is 4. The van der Waals surface area contributed by atoms with Gasteiger partial charge in [-0.3, -0.25) is 9.69 Å². The van der Waals surface area contributed by atoms with Crippen LogP contribution in [0.15, 0.2) is 60.7 Å². The first-order valence-electron chi connectivity index (χ1n) is 11.9. The van der Waals surface area contributed by atoms with E-state index in [1.165, 1.54) is 0 Å². The molecule has 6 nitrogen and oxygen atoms in total. The zero-order valence-electron chi connectivity index (χ0n) is 20.6. The third kappa shape index (κ3) is 4.06. The van der Waals surface area contributed by atoms with Crippen molar-refractivity contribution in [2.75, 3.05) is 16.8 Å². The number of hydrogen-bond donors (Lipinski definition) is 2. The molecule has 2 aliphatic heterocycles. The van der Waals surface area contributed by atoms with E-state index in [4.69, 9.17) is 33.3 Å². The molecule has 8 heteroatoms. The fourth-order valence-electron chi connectivity index (χ4n) is 5.21. The van der Waals surface area contributed by atoms with Crippen LogP contribution in [0.5, 0.6) is 11.5 Å². The van der Waals surface area contributed by atoms with Gasteiger partial charge in [-0.2, -0.15) is 0 Å². The van der Waals surface area contributed by atoms with Crippen molar-refractivity contribution in [3.05, 3.63) is 82.4 Å². The summed E-state index contributed by atoms with van der Waals surface area (Å²) in [7, 11) is 0. The zero-order chi connectivity index (χ0) is 25.6. The SMILES string of the molecule is CCOc1cccc2c1OC1(C)C(C(=O)Nc3ccc(C)cc3C)C2NC(=S)N1c1cccc(Cl)c1. The van der Waals surface area contributed by atoms with Gasteiger partial charge < -0.3 is 20.1 Å². The van der Waals surface area contributed by atoms with Crippen LogP contribution in [0.3, 0.4) is 0 Å². The van der Waals surface area contributed by atoms with Crippen LogP contribution in [0.2, 0.25) is 5.02 Å². The maximum absolute atomic E-state index is 14.0. The number of anilines is 2. The van der Waals surface area contributed by atoms with Gasteiger partial charge in [0, 0.05) is 22.0 Å². The molecule has 3 unspecified atom stereocenters. The topological polar surface area (TPSA) is 62.8 Å². The molecule has 2 N–H and O–H groups in total. The highest BCUT2D eigenvalue weighted by molar-refractivity contribution is 7.80. The second kappa shape index (κ2) is 9.30. The van der Waals surface area contributed by atoms with Crippen molar-refractivity contribution in [1.29, 1.82) is 0 Å². The van der Waals surface area contributed by atoms with E-state index in [1.54, 1.807) is 6.07 Å². The Morgan fingerprint density at radius 1 is 1.19 bits per heavy atom. The maximum atomic E-state index is 14.0. The highest BCUT2D eigenvalue weighted by atomic mass is 35.5. The molecule has 0 spiro atoms. The lowest BCUT2D eigenvalue weighted by Gasteiger charge is -2.56. The highest BCUT2D eigenvalue weighted by Gasteiger charge is 2.59. The largest absolute Gasteiger partial charge is 0.490 e. The second-order valence-electron chi connectivity index (χ2n) is 9.29. The summed E-state index contributed by atoms with van der Waals surface area (Å²) < 4.78 is 12.6. The van der Waals surface area contributed by atoms with E-state index >= 15 is 0 Å². The molecule has 3 atom stereocenters. The average Bonchev–Trinajstić information content (AvgIpc) is 2.81. The van der Waals surface area contributed by atoms with Gasteiger partial charge in [0.05, 0.1) is 12.6 Å². The summed E-state index contributed by atoms with van der Waals surface area (Å²) in [6.45, 7) is 8.32. The van der Waals surface area contributed by atoms with Crippen molar-refractivity contribution in [2.45, 2.75) is 39.5 Å². The third-order valence-electron chi connectivity index (χ3n) is 6.78. The minimum Gasteiger partial charge on any atom is -0.490 e. The number of nitrogens with zero attached hydrogens (tertiary/aromatic N) is 1. The number of para-hydroxylation sites is 1. The minimum atomic E-state index is -1.17. The predicted molar refractivity (Wildman–Crippen MR) is 147 cm³/mol. The Morgan fingerprint density at radius 3 is 2.69 bits per heavy atom. The van der Waals surface area contributed by atoms with Crippen molar-refractivity contribution >= 4 is 46.2 Å². The molecule has 0 aliphatic carbocycles. The van der Waals surface area contributed by atoms with Gasteiger partial charge in [-0.25, -0.2) is 0 Å². The Balaban J connectivity index is 1.65. The number of thiocarbonyl (C=S) groups is 1. The van der Waals surface area contributed by atoms with Crippen LogP contribution in [-0.2, 0) is 4.79 Å². The van der Waals surface area contributed by atoms with Gasteiger partial charge in [0.15, 0.2) is 22.3 Å². The third-order valence-corrected chi connectivity index (χ3v) is 7.31. The molecule has 2 bridgehead atoms. The monoisotopic (exact) mass is 521 g/mol. The van der Waals surface area contributed by atoms with Gasteiger partial charge in [0.1, 0.15) is 5.92 Å². The van der Waals surface area contributed by atoms with Gasteiger partial charge in [0.25, 0.3) is 0 Å². The van der Waals surface area contributed by atoms with E-state index in [-0.39, 0.29) is 5.91 Å². The van der Waals surface area contributed by atoms with Crippen LogP contribution in [0.25, 0.3) is 0 Å². The quantitative estimate of drug-likeness (QED) is 0.392. The molecule has 0 saturated carbocycles. The molecule has 2 heterocycles. The van der Waals surface area contributed by atoms with E-state index in [0.717, 1.165) is 28.1 Å². The number of amides is 1. The van der Waals surface area contributed by atoms with E-state index in [2.05, 4.69) is 10.6 Å². The number of carbonyl (C=O) groups excluding carboxylic acids is 1. The average molecular weight is 522 g/mol. The van der Waals surface area contributed by atoms with Crippen molar-refractivity contribution in [2.24, 2.45) is 5.92 Å². The molecule has 1 amide bonds. The summed E-state index contributed by atoms with van der Waals surface area (Å²) in [5.74, 6) is 0.391. The summed E-state index contributed by atoms with van der Waals surface area (Å²) in [5.41, 5.74) is 3.27. The number of aryl methyl sites for hydroxylation is 2. The molecule has 0 radical (unpaired) electrons. The lowest BCUT2D eigenvalue weighted by Crippen LogP contribution is -2.72. The molecule has 5 rings (SSSR count). The van der Waals surface area contributed by atoms with Crippen LogP contribution < -0.4 is 25.0 Å². The highest BCUT2D eigenvalue weighted by Crippen LogP contribution is 2.52. The van der Waals surface area contributed by atoms with E-state index in [0.29, 0.717) is 28.2 Å². The molecular formula is C28H28ClN3O3S. The number of benzene rings is 3. The fourth-order valence-corrected chi connectivity index (χ4v) is 5.81. The summed E-state index contributed by atoms with van der Waals surface area (Å²) in [6, 6.07) is 18.6. The van der Waals surface area contributed by atoms with Gasteiger partial charge in [0.2, 0.25) is 5.91 Å². The molecule has 36 heavy (non-hydrogen) atoms. The Labute approximate surface area is 221 Å². The van der Waals surface area contributed by atoms with Gasteiger partial charge in [-0.05, 0) is 75.8 Å². The Morgan fingerprint density at radius 2 is 1.97 bits per heavy atom. The lowest BCUT2D eigenvalue weighted by molar-refractivity contribution is -0.130. The number of rotatable bonds is 5. The first-order valence-corrected chi connectivity index (χ1v) is 12.7. The number of nitrogens with one attached hydrogen (secondary N) is 2. The molecule has 3 aromatic rings. The maximum Gasteiger partial charge on any atom is 0.236 e. The molecule has 3 aromatic carbocycles. The molecule has 1 saturated heterocycles. The number of hydrogen-bond acceptors (Lipinski definition) is 4. The van der Waals surface area contributed by atoms with Crippen molar-refractivity contribution < 1.29 is 14.3 Å². The van der Waals surface area contributed by atoms with Crippen LogP contribution in [0.4, 0.5) is 11.4 Å². The lowest BCUT2D eigenvalue weighted by atomic mass is 9.78. The Kier molecular flexibility index (Phi) is 6.30. The van der Waals surface area contributed by atoms with Crippen LogP contribution in [0, 0.1) is 19.8 Å². The summed E-state index contributed by atoms with van der Waals surface area (Å²) in [5, 5.41) is 7.58. The molecule has 186 valence electrons. The Bertz CT molecular complexity index is 1360. The van der Waals surface area contributed by atoms with Crippen LogP contribution >= 0.6 is 23.8 Å². The molecule has 1 fully saturated rings. The first-order chi connectivity index (χ1) is 17.2. The van der Waals surface area contributed by atoms with E-state index in [9.17, 15) is 4.79 Å². The molecule has 0 aromatic heterocycles. The normalized spacial score (nSPS) is 22.2. The predicted octanol–water partition coefficient (Wildman–Crippen LogP) is 6.15. The number of ether oxygens (including phenoxy) is 2. The van der Waals surface area contributed by atoms with E-state index in [1.807, 2.05) is 87.2 Å². The standard InChI is InChI=1S/C28H28ClN3O3S/c1-5-34-22-11-7-10-20-24-23(26(33)30-21-13-12-16(2)14-17(21)3)28(4,35-25(20)22)32(27(36)31-24)19-9-6-8-18(29)15-19/h6-15,23-24H,5H2,1-4H3,(H,30,33)(H,31,36). The summed E-state index contributed by atoms with van der Waals surface area (Å²) in [4.78, 5) is 15.9. The van der Waals surface area contributed by atoms with Crippen LogP contribution in [0.1, 0.15) is 36.6 Å². The second-order valence-corrected chi connectivity index (χ2v) is 10.1. The van der Waals surface area contributed by atoms with Gasteiger partial charge in [-0.1, -0.05) is 47.5 Å². The Hall–Kier alpha value is -3.29. The van der Waals surface area contributed by atoms with E-state index < -0.39 is 17.7 Å². The van der Waals surface area contributed by atoms with Gasteiger partial charge >= 0.3 is 0 Å². The van der Waals surface area contributed by atoms with Crippen molar-refractivity contribution in [1.82, 2.24) is 5.32 Å². The molecule has 2 aliphatic rings. The smallest absolute Gasteiger partial charge is 0.236 e. The van der Waals surface area contributed by atoms with Crippen LogP contribution in [-0.4, -0.2) is 23.4 Å². The summed E-state index contributed by atoms with van der Waals surface area (Å²) in [6.07, 6.45) is 0. The fraction of sp³-hybridized carbons (Fsp3) is 0.286. The first kappa shape index (κ1) is 24.4. The van der Waals surface area contributed by atoms with Gasteiger partial charge in [-0.15, -0.1) is 0 Å². The minimum absolute atomic E-state index is 0.177. The van der Waals surface area contributed by atoms with Crippen molar-refractivity contribution in [3.8, 4) is 11.5 Å².